The molecule has 0 aliphatic carbocycles. The van der Waals surface area contributed by atoms with E-state index < -0.39 is 17.8 Å². The van der Waals surface area contributed by atoms with Crippen molar-refractivity contribution in [3.8, 4) is 5.75 Å². The first-order chi connectivity index (χ1) is 10.0. The molecule has 1 aromatic rings. The van der Waals surface area contributed by atoms with Gasteiger partial charge in [0, 0.05) is 6.54 Å². The Kier molecular flexibility index (Phi) is 4.57. The van der Waals surface area contributed by atoms with Crippen molar-refractivity contribution in [3.05, 3.63) is 30.3 Å². The van der Waals surface area contributed by atoms with Gasteiger partial charge in [-0.25, -0.2) is 4.79 Å². The molecule has 1 aromatic carbocycles. The highest BCUT2D eigenvalue weighted by Gasteiger charge is 2.44. The number of imide groups is 2. The fourth-order valence-electron chi connectivity index (χ4n) is 2.05. The molecule has 1 aliphatic heterocycles. The standard InChI is InChI=1S/C15H18N2O4/c1-11(2)10-17-14(19)13(18)16(15(17)20)8-9-21-12-6-4-3-5-7-12/h3-7,11H,8-10H2,1-2H3. The Labute approximate surface area is 123 Å². The van der Waals surface area contributed by atoms with Gasteiger partial charge in [0.1, 0.15) is 12.4 Å². The Bertz CT molecular complexity index is 542. The molecule has 0 saturated carbocycles. The van der Waals surface area contributed by atoms with E-state index in [0.29, 0.717) is 5.75 Å². The van der Waals surface area contributed by atoms with Crippen molar-refractivity contribution in [1.29, 1.82) is 0 Å². The number of para-hydroxylation sites is 1. The average Bonchev–Trinajstić information content (AvgIpc) is 2.65. The van der Waals surface area contributed by atoms with Gasteiger partial charge in [0.25, 0.3) is 0 Å². The van der Waals surface area contributed by atoms with Gasteiger partial charge in [-0.15, -0.1) is 0 Å². The Hall–Kier alpha value is -2.37. The lowest BCUT2D eigenvalue weighted by molar-refractivity contribution is -0.143. The number of urea groups is 1. The molecule has 0 N–H and O–H groups in total. The van der Waals surface area contributed by atoms with E-state index in [1.807, 2.05) is 32.0 Å². The summed E-state index contributed by atoms with van der Waals surface area (Å²) in [7, 11) is 0. The first-order valence-corrected chi connectivity index (χ1v) is 6.86. The molecule has 6 nitrogen and oxygen atoms in total. The number of hydrogen-bond acceptors (Lipinski definition) is 4. The number of hydrogen-bond donors (Lipinski definition) is 0. The molecule has 1 fully saturated rings. The fourth-order valence-corrected chi connectivity index (χ4v) is 2.05. The first-order valence-electron chi connectivity index (χ1n) is 6.86. The molecule has 21 heavy (non-hydrogen) atoms. The third-order valence-corrected chi connectivity index (χ3v) is 3.01. The number of benzene rings is 1. The highest BCUT2D eigenvalue weighted by Crippen LogP contribution is 2.14. The number of ether oxygens (including phenoxy) is 1. The van der Waals surface area contributed by atoms with Gasteiger partial charge in [-0.1, -0.05) is 32.0 Å². The number of carbonyl (C=O) groups excluding carboxylic acids is 3. The quantitative estimate of drug-likeness (QED) is 0.588. The summed E-state index contributed by atoms with van der Waals surface area (Å²) in [6, 6.07) is 8.52. The maximum absolute atomic E-state index is 12.1. The van der Waals surface area contributed by atoms with E-state index in [1.165, 1.54) is 0 Å². The van der Waals surface area contributed by atoms with Crippen LogP contribution in [0.25, 0.3) is 0 Å². The summed E-state index contributed by atoms with van der Waals surface area (Å²) in [5, 5.41) is 0. The average molecular weight is 290 g/mol. The minimum absolute atomic E-state index is 0.0624. The number of nitrogens with zero attached hydrogens (tertiary/aromatic N) is 2. The Morgan fingerprint density at radius 3 is 2.24 bits per heavy atom. The van der Waals surface area contributed by atoms with Crippen molar-refractivity contribution in [1.82, 2.24) is 9.80 Å². The van der Waals surface area contributed by atoms with E-state index in [0.717, 1.165) is 9.80 Å². The van der Waals surface area contributed by atoms with Crippen LogP contribution in [0.2, 0.25) is 0 Å². The lowest BCUT2D eigenvalue weighted by Gasteiger charge is -2.17. The minimum atomic E-state index is -0.780. The summed E-state index contributed by atoms with van der Waals surface area (Å²) >= 11 is 0. The third kappa shape index (κ3) is 3.39. The van der Waals surface area contributed by atoms with Crippen LogP contribution in [-0.4, -0.2) is 47.3 Å². The van der Waals surface area contributed by atoms with Gasteiger partial charge in [-0.3, -0.25) is 19.4 Å². The Morgan fingerprint density at radius 1 is 1.00 bits per heavy atom. The largest absolute Gasteiger partial charge is 0.492 e. The van der Waals surface area contributed by atoms with Gasteiger partial charge in [0.05, 0.1) is 6.54 Å². The molecule has 4 amide bonds. The second-order valence-electron chi connectivity index (χ2n) is 5.21. The molecule has 1 saturated heterocycles. The summed E-state index contributed by atoms with van der Waals surface area (Å²) in [6.07, 6.45) is 0. The molecule has 0 unspecified atom stereocenters. The number of carbonyl (C=O) groups is 3. The summed E-state index contributed by atoms with van der Waals surface area (Å²) < 4.78 is 5.44. The topological polar surface area (TPSA) is 66.9 Å². The Balaban J connectivity index is 1.92. The molecule has 0 radical (unpaired) electrons. The first kappa shape index (κ1) is 15.0. The zero-order valence-corrected chi connectivity index (χ0v) is 12.1. The smallest absolute Gasteiger partial charge is 0.334 e. The molecule has 0 aromatic heterocycles. The summed E-state index contributed by atoms with van der Waals surface area (Å²) in [5.41, 5.74) is 0. The number of rotatable bonds is 6. The molecule has 0 atom stereocenters. The van der Waals surface area contributed by atoms with Crippen LogP contribution >= 0.6 is 0 Å². The van der Waals surface area contributed by atoms with Crippen molar-refractivity contribution in [2.24, 2.45) is 5.92 Å². The van der Waals surface area contributed by atoms with E-state index >= 15 is 0 Å². The van der Waals surface area contributed by atoms with E-state index in [-0.39, 0.29) is 25.6 Å². The van der Waals surface area contributed by atoms with Crippen LogP contribution < -0.4 is 4.74 Å². The minimum Gasteiger partial charge on any atom is -0.492 e. The maximum Gasteiger partial charge on any atom is 0.334 e. The second-order valence-corrected chi connectivity index (χ2v) is 5.21. The van der Waals surface area contributed by atoms with Gasteiger partial charge < -0.3 is 4.74 Å². The second kappa shape index (κ2) is 6.39. The van der Waals surface area contributed by atoms with Crippen LogP contribution in [0.1, 0.15) is 13.8 Å². The molecule has 1 heterocycles. The predicted octanol–water partition coefficient (Wildman–Crippen LogP) is 1.51. The summed E-state index contributed by atoms with van der Waals surface area (Å²) in [6.45, 7) is 4.23. The van der Waals surface area contributed by atoms with Crippen LogP contribution in [-0.2, 0) is 9.59 Å². The van der Waals surface area contributed by atoms with Gasteiger partial charge in [0.2, 0.25) is 0 Å². The van der Waals surface area contributed by atoms with Gasteiger partial charge in [-0.2, -0.15) is 0 Å². The highest BCUT2D eigenvalue weighted by atomic mass is 16.5. The lowest BCUT2D eigenvalue weighted by Crippen LogP contribution is -2.37. The van der Waals surface area contributed by atoms with Crippen molar-refractivity contribution >= 4 is 17.8 Å². The molecular formula is C15H18N2O4. The molecule has 0 bridgehead atoms. The van der Waals surface area contributed by atoms with E-state index in [4.69, 9.17) is 4.74 Å². The van der Waals surface area contributed by atoms with E-state index in [1.54, 1.807) is 12.1 Å². The van der Waals surface area contributed by atoms with Crippen LogP contribution in [0, 0.1) is 5.92 Å². The molecule has 1 aliphatic rings. The zero-order chi connectivity index (χ0) is 15.4. The Morgan fingerprint density at radius 2 is 1.62 bits per heavy atom. The van der Waals surface area contributed by atoms with Crippen molar-refractivity contribution < 1.29 is 19.1 Å². The van der Waals surface area contributed by atoms with Gasteiger partial charge >= 0.3 is 17.8 Å². The summed E-state index contributed by atoms with van der Waals surface area (Å²) in [4.78, 5) is 37.6. The van der Waals surface area contributed by atoms with Gasteiger partial charge in [0.15, 0.2) is 0 Å². The highest BCUT2D eigenvalue weighted by molar-refractivity contribution is 6.44. The normalized spacial score (nSPS) is 15.3. The van der Waals surface area contributed by atoms with Crippen LogP contribution in [0.4, 0.5) is 4.79 Å². The predicted molar refractivity (Wildman–Crippen MR) is 75.6 cm³/mol. The third-order valence-electron chi connectivity index (χ3n) is 3.01. The fraction of sp³-hybridized carbons (Fsp3) is 0.400. The van der Waals surface area contributed by atoms with E-state index in [2.05, 4.69) is 0 Å². The summed E-state index contributed by atoms with van der Waals surface area (Å²) in [5.74, 6) is -0.765. The lowest BCUT2D eigenvalue weighted by atomic mass is 10.2. The zero-order valence-electron chi connectivity index (χ0n) is 12.1. The molecule has 2 rings (SSSR count). The van der Waals surface area contributed by atoms with Crippen LogP contribution in [0.5, 0.6) is 5.75 Å². The molecular weight excluding hydrogens is 272 g/mol. The molecule has 6 heteroatoms. The monoisotopic (exact) mass is 290 g/mol. The van der Waals surface area contributed by atoms with Gasteiger partial charge in [-0.05, 0) is 18.1 Å². The van der Waals surface area contributed by atoms with Crippen molar-refractivity contribution in [2.45, 2.75) is 13.8 Å². The van der Waals surface area contributed by atoms with E-state index in [9.17, 15) is 14.4 Å². The van der Waals surface area contributed by atoms with Crippen LogP contribution in [0.3, 0.4) is 0 Å². The number of amides is 4. The molecule has 0 spiro atoms. The molecule has 112 valence electrons. The van der Waals surface area contributed by atoms with Crippen LogP contribution in [0.15, 0.2) is 30.3 Å². The maximum atomic E-state index is 12.1. The SMILES string of the molecule is CC(C)CN1C(=O)C(=O)N(CCOc2ccccc2)C1=O. The van der Waals surface area contributed by atoms with Crippen molar-refractivity contribution in [3.63, 3.8) is 0 Å². The van der Waals surface area contributed by atoms with Crippen molar-refractivity contribution in [2.75, 3.05) is 19.7 Å².